The number of hydrogen-bond donors (Lipinski definition) is 3. The average Bonchev–Trinajstić information content (AvgIpc) is 2.71. The van der Waals surface area contributed by atoms with Crippen molar-refractivity contribution < 1.29 is 27.4 Å². The fourth-order valence-electron chi connectivity index (χ4n) is 2.51. The van der Waals surface area contributed by atoms with Gasteiger partial charge in [0, 0.05) is 11.8 Å². The number of nitrogens with two attached hydrogens (primary N) is 1. The lowest BCUT2D eigenvalue weighted by Gasteiger charge is -2.15. The molecule has 2 aromatic carbocycles. The first-order chi connectivity index (χ1) is 14.3. The van der Waals surface area contributed by atoms with E-state index in [-0.39, 0.29) is 17.3 Å². The molecular weight excluding hydrogens is 403 g/mol. The van der Waals surface area contributed by atoms with E-state index in [1.807, 2.05) is 0 Å². The highest BCUT2D eigenvalue weighted by Crippen LogP contribution is 2.34. The van der Waals surface area contributed by atoms with E-state index in [4.69, 9.17) is 15.2 Å². The van der Waals surface area contributed by atoms with Crippen molar-refractivity contribution in [2.75, 3.05) is 30.6 Å². The van der Waals surface area contributed by atoms with Crippen molar-refractivity contribution in [3.05, 3.63) is 48.8 Å². The third kappa shape index (κ3) is 5.13. The van der Waals surface area contributed by atoms with E-state index in [0.29, 0.717) is 28.7 Å². The molecule has 0 aliphatic rings. The molecule has 0 radical (unpaired) electrons. The first kappa shape index (κ1) is 20.8. The molecule has 8 nitrogen and oxygen atoms in total. The van der Waals surface area contributed by atoms with Gasteiger partial charge in [0.05, 0.1) is 19.9 Å². The number of halogens is 3. The molecule has 0 saturated carbocycles. The van der Waals surface area contributed by atoms with Crippen molar-refractivity contribution in [2.24, 2.45) is 0 Å². The van der Waals surface area contributed by atoms with Crippen LogP contribution in [0.3, 0.4) is 0 Å². The van der Waals surface area contributed by atoms with Gasteiger partial charge in [-0.05, 0) is 36.4 Å². The van der Waals surface area contributed by atoms with Gasteiger partial charge >= 0.3 is 6.36 Å². The zero-order valence-corrected chi connectivity index (χ0v) is 15.9. The van der Waals surface area contributed by atoms with Gasteiger partial charge in [0.25, 0.3) is 0 Å². The molecule has 30 heavy (non-hydrogen) atoms. The highest BCUT2D eigenvalue weighted by Gasteiger charge is 2.30. The van der Waals surface area contributed by atoms with Crippen LogP contribution in [0.25, 0.3) is 0 Å². The number of methoxy groups -OCH3 is 2. The zero-order chi connectivity index (χ0) is 21.7. The van der Waals surface area contributed by atoms with Crippen molar-refractivity contribution >= 4 is 28.7 Å². The van der Waals surface area contributed by atoms with Crippen LogP contribution in [0, 0.1) is 0 Å². The molecule has 1 heterocycles. The van der Waals surface area contributed by atoms with Crippen LogP contribution >= 0.6 is 0 Å². The summed E-state index contributed by atoms with van der Waals surface area (Å²) >= 11 is 0. The Morgan fingerprint density at radius 1 is 0.867 bits per heavy atom. The van der Waals surface area contributed by atoms with E-state index in [1.54, 1.807) is 18.2 Å². The fourth-order valence-corrected chi connectivity index (χ4v) is 2.51. The molecule has 4 N–H and O–H groups in total. The fraction of sp³-hybridized carbons (Fsp3) is 0.158. The van der Waals surface area contributed by atoms with Gasteiger partial charge in [-0.25, -0.2) is 9.97 Å². The highest BCUT2D eigenvalue weighted by atomic mass is 19.4. The summed E-state index contributed by atoms with van der Waals surface area (Å²) < 4.78 is 51.2. The Kier molecular flexibility index (Phi) is 6.00. The second-order valence-electron chi connectivity index (χ2n) is 5.87. The van der Waals surface area contributed by atoms with E-state index < -0.39 is 6.36 Å². The summed E-state index contributed by atoms with van der Waals surface area (Å²) in [6.07, 6.45) is -3.47. The maximum absolute atomic E-state index is 12.3. The third-order valence-corrected chi connectivity index (χ3v) is 3.89. The lowest BCUT2D eigenvalue weighted by atomic mass is 10.2. The number of nitrogens with zero attached hydrogens (tertiary/aromatic N) is 2. The number of nitrogen functional groups attached to an aromatic ring is 1. The van der Waals surface area contributed by atoms with Gasteiger partial charge in [0.2, 0.25) is 0 Å². The molecule has 0 saturated heterocycles. The van der Waals surface area contributed by atoms with Gasteiger partial charge in [-0.3, -0.25) is 0 Å². The normalized spacial score (nSPS) is 11.0. The molecule has 3 rings (SSSR count). The van der Waals surface area contributed by atoms with E-state index in [1.165, 1.54) is 44.8 Å². The molecule has 3 aromatic rings. The Morgan fingerprint density at radius 3 is 2.10 bits per heavy atom. The molecule has 0 unspecified atom stereocenters. The van der Waals surface area contributed by atoms with Crippen LogP contribution in [0.2, 0.25) is 0 Å². The Bertz CT molecular complexity index is 1010. The van der Waals surface area contributed by atoms with Crippen molar-refractivity contribution in [1.29, 1.82) is 0 Å². The SMILES string of the molecule is COc1ccc(OC)c(Nc2ncnc(Nc3ccc(OC(F)(F)F)cc3)c2N)c1. The average molecular weight is 421 g/mol. The number of ether oxygens (including phenoxy) is 3. The largest absolute Gasteiger partial charge is 0.573 e. The standard InChI is InChI=1S/C19H18F3N5O3/c1-28-13-7-8-15(29-2)14(9-13)27-18-16(23)17(24-10-25-18)26-11-3-5-12(6-4-11)30-19(20,21)22/h3-10H,23H2,1-2H3,(H2,24,25,26,27). The minimum Gasteiger partial charge on any atom is -0.497 e. The number of nitrogens with one attached hydrogen (secondary N) is 2. The molecule has 0 aliphatic heterocycles. The van der Waals surface area contributed by atoms with Crippen molar-refractivity contribution in [2.45, 2.75) is 6.36 Å². The van der Waals surface area contributed by atoms with Gasteiger partial charge < -0.3 is 30.6 Å². The summed E-state index contributed by atoms with van der Waals surface area (Å²) in [6.45, 7) is 0. The maximum Gasteiger partial charge on any atom is 0.573 e. The lowest BCUT2D eigenvalue weighted by molar-refractivity contribution is -0.274. The quantitative estimate of drug-likeness (QED) is 0.514. The topological polar surface area (TPSA) is 104 Å². The van der Waals surface area contributed by atoms with Crippen molar-refractivity contribution in [3.63, 3.8) is 0 Å². The Balaban J connectivity index is 1.80. The third-order valence-electron chi connectivity index (χ3n) is 3.89. The number of anilines is 5. The molecule has 0 bridgehead atoms. The predicted octanol–water partition coefficient (Wildman–Crippen LogP) is 4.46. The smallest absolute Gasteiger partial charge is 0.497 e. The Morgan fingerprint density at radius 2 is 1.50 bits per heavy atom. The molecule has 0 fully saturated rings. The van der Waals surface area contributed by atoms with Gasteiger partial charge in [-0.15, -0.1) is 13.2 Å². The van der Waals surface area contributed by atoms with E-state index >= 15 is 0 Å². The molecule has 158 valence electrons. The van der Waals surface area contributed by atoms with Crippen LogP contribution in [-0.2, 0) is 0 Å². The van der Waals surface area contributed by atoms with Crippen LogP contribution < -0.4 is 30.6 Å². The minimum absolute atomic E-state index is 0.193. The molecule has 11 heteroatoms. The second kappa shape index (κ2) is 8.64. The molecular formula is C19H18F3N5O3. The van der Waals surface area contributed by atoms with Gasteiger partial charge in [-0.1, -0.05) is 0 Å². The van der Waals surface area contributed by atoms with Crippen LogP contribution in [0.5, 0.6) is 17.2 Å². The number of alkyl halides is 3. The molecule has 0 aliphatic carbocycles. The number of aromatic nitrogens is 2. The van der Waals surface area contributed by atoms with Crippen LogP contribution in [0.4, 0.5) is 41.9 Å². The summed E-state index contributed by atoms with van der Waals surface area (Å²) in [5.41, 5.74) is 7.38. The summed E-state index contributed by atoms with van der Waals surface area (Å²) in [7, 11) is 3.06. The lowest BCUT2D eigenvalue weighted by Crippen LogP contribution is -2.17. The minimum atomic E-state index is -4.76. The van der Waals surface area contributed by atoms with Crippen molar-refractivity contribution in [1.82, 2.24) is 9.97 Å². The maximum atomic E-state index is 12.3. The number of benzene rings is 2. The monoisotopic (exact) mass is 421 g/mol. The van der Waals surface area contributed by atoms with Gasteiger partial charge in [0.1, 0.15) is 29.3 Å². The Labute approximate surface area is 169 Å². The number of hydrogen-bond acceptors (Lipinski definition) is 8. The van der Waals surface area contributed by atoms with Gasteiger partial charge in [0.15, 0.2) is 11.6 Å². The van der Waals surface area contributed by atoms with Crippen LogP contribution in [0.15, 0.2) is 48.8 Å². The summed E-state index contributed by atoms with van der Waals surface area (Å²) in [6, 6.07) is 10.3. The molecule has 0 amide bonds. The van der Waals surface area contributed by atoms with Crippen LogP contribution in [-0.4, -0.2) is 30.5 Å². The summed E-state index contributed by atoms with van der Waals surface area (Å²) in [5, 5.41) is 5.99. The molecule has 1 aromatic heterocycles. The second-order valence-corrected chi connectivity index (χ2v) is 5.87. The number of rotatable bonds is 7. The van der Waals surface area contributed by atoms with Crippen LogP contribution in [0.1, 0.15) is 0 Å². The van der Waals surface area contributed by atoms with E-state index in [0.717, 1.165) is 0 Å². The van der Waals surface area contributed by atoms with E-state index in [2.05, 4.69) is 25.3 Å². The van der Waals surface area contributed by atoms with Crippen molar-refractivity contribution in [3.8, 4) is 17.2 Å². The first-order valence-corrected chi connectivity index (χ1v) is 8.51. The summed E-state index contributed by atoms with van der Waals surface area (Å²) in [5.74, 6) is 1.38. The summed E-state index contributed by atoms with van der Waals surface area (Å²) in [4.78, 5) is 8.21. The molecule has 0 atom stereocenters. The highest BCUT2D eigenvalue weighted by molar-refractivity contribution is 5.81. The Hall–Kier alpha value is -3.89. The zero-order valence-electron chi connectivity index (χ0n) is 15.9. The van der Waals surface area contributed by atoms with E-state index in [9.17, 15) is 13.2 Å². The molecule has 0 spiro atoms. The van der Waals surface area contributed by atoms with Gasteiger partial charge in [-0.2, -0.15) is 0 Å². The first-order valence-electron chi connectivity index (χ1n) is 8.51. The predicted molar refractivity (Wildman–Crippen MR) is 106 cm³/mol.